The Bertz CT molecular complexity index is 324. The largest absolute Gasteiger partial charge is 0.396 e. The zero-order valence-electron chi connectivity index (χ0n) is 7.63. The molecule has 0 radical (unpaired) electrons. The van der Waals surface area contributed by atoms with Crippen LogP contribution in [0.3, 0.4) is 0 Å². The summed E-state index contributed by atoms with van der Waals surface area (Å²) in [7, 11) is 0. The molecule has 0 heterocycles. The van der Waals surface area contributed by atoms with Crippen LogP contribution < -0.4 is 0 Å². The lowest BCUT2D eigenvalue weighted by Gasteiger charge is -2.12. The van der Waals surface area contributed by atoms with Gasteiger partial charge < -0.3 is 5.11 Å². The average Bonchev–Trinajstić information content (AvgIpc) is 2.79. The standard InChI is InChI=1S/C11H13ClO/c1-11(6-8(11)7-13)9-4-2-3-5-10(9)12/h2-5,8,13H,6-7H2,1H3/t8-,11+/m1/s1. The number of hydrogen-bond donors (Lipinski definition) is 1. The second-order valence-corrected chi connectivity index (χ2v) is 4.39. The van der Waals surface area contributed by atoms with E-state index < -0.39 is 0 Å². The first-order chi connectivity index (χ1) is 6.18. The van der Waals surface area contributed by atoms with Gasteiger partial charge in [-0.1, -0.05) is 36.7 Å². The van der Waals surface area contributed by atoms with E-state index in [-0.39, 0.29) is 12.0 Å². The lowest BCUT2D eigenvalue weighted by molar-refractivity contribution is 0.265. The van der Waals surface area contributed by atoms with Gasteiger partial charge in [-0.2, -0.15) is 0 Å². The molecule has 1 aromatic rings. The third-order valence-corrected chi connectivity index (χ3v) is 3.45. The van der Waals surface area contributed by atoms with Gasteiger partial charge in [0, 0.05) is 11.6 Å². The van der Waals surface area contributed by atoms with Gasteiger partial charge in [0.2, 0.25) is 0 Å². The maximum absolute atomic E-state index is 9.05. The fourth-order valence-corrected chi connectivity index (χ4v) is 2.32. The predicted molar refractivity (Wildman–Crippen MR) is 54.0 cm³/mol. The van der Waals surface area contributed by atoms with Crippen molar-refractivity contribution in [3.8, 4) is 0 Å². The van der Waals surface area contributed by atoms with Crippen molar-refractivity contribution in [2.45, 2.75) is 18.8 Å². The number of aliphatic hydroxyl groups excluding tert-OH is 1. The first-order valence-corrected chi connectivity index (χ1v) is 4.92. The van der Waals surface area contributed by atoms with E-state index in [1.165, 1.54) is 5.56 Å². The molecule has 1 nitrogen and oxygen atoms in total. The highest BCUT2D eigenvalue weighted by Gasteiger charge is 2.51. The Kier molecular flexibility index (Phi) is 2.09. The Hall–Kier alpha value is -0.530. The minimum Gasteiger partial charge on any atom is -0.396 e. The van der Waals surface area contributed by atoms with Crippen LogP contribution in [0.1, 0.15) is 18.9 Å². The van der Waals surface area contributed by atoms with Crippen LogP contribution in [0, 0.1) is 5.92 Å². The van der Waals surface area contributed by atoms with E-state index in [1.54, 1.807) is 0 Å². The topological polar surface area (TPSA) is 20.2 Å². The van der Waals surface area contributed by atoms with Crippen molar-refractivity contribution in [1.82, 2.24) is 0 Å². The van der Waals surface area contributed by atoms with Gasteiger partial charge in [-0.15, -0.1) is 0 Å². The zero-order chi connectivity index (χ0) is 9.47. The highest BCUT2D eigenvalue weighted by atomic mass is 35.5. The molecule has 1 aliphatic carbocycles. The molecular formula is C11H13ClO. The van der Waals surface area contributed by atoms with Gasteiger partial charge in [0.25, 0.3) is 0 Å². The normalized spacial score (nSPS) is 31.8. The molecule has 1 saturated carbocycles. The number of halogens is 1. The van der Waals surface area contributed by atoms with E-state index in [2.05, 4.69) is 13.0 Å². The molecule has 0 bridgehead atoms. The summed E-state index contributed by atoms with van der Waals surface area (Å²) in [5, 5.41) is 9.87. The fraction of sp³-hybridized carbons (Fsp3) is 0.455. The van der Waals surface area contributed by atoms with Crippen LogP contribution in [0.2, 0.25) is 5.02 Å². The molecule has 0 amide bonds. The summed E-state index contributed by atoms with van der Waals surface area (Å²) in [6.45, 7) is 2.43. The molecule has 1 fully saturated rings. The van der Waals surface area contributed by atoms with Crippen LogP contribution in [0.15, 0.2) is 24.3 Å². The Morgan fingerprint density at radius 1 is 1.54 bits per heavy atom. The quantitative estimate of drug-likeness (QED) is 0.771. The molecule has 1 aromatic carbocycles. The van der Waals surface area contributed by atoms with Gasteiger partial charge in [-0.25, -0.2) is 0 Å². The molecule has 1 N–H and O–H groups in total. The van der Waals surface area contributed by atoms with E-state index in [4.69, 9.17) is 16.7 Å². The third-order valence-electron chi connectivity index (χ3n) is 3.12. The van der Waals surface area contributed by atoms with Gasteiger partial charge in [-0.05, 0) is 29.4 Å². The minimum absolute atomic E-state index is 0.118. The van der Waals surface area contributed by atoms with Crippen molar-refractivity contribution in [2.75, 3.05) is 6.61 Å². The highest BCUT2D eigenvalue weighted by Crippen LogP contribution is 2.55. The molecule has 1 aliphatic rings. The summed E-state index contributed by atoms with van der Waals surface area (Å²) >= 11 is 6.09. The highest BCUT2D eigenvalue weighted by molar-refractivity contribution is 6.31. The van der Waals surface area contributed by atoms with E-state index in [1.807, 2.05) is 18.2 Å². The lowest BCUT2D eigenvalue weighted by atomic mass is 9.96. The molecule has 2 rings (SSSR count). The van der Waals surface area contributed by atoms with E-state index in [0.717, 1.165) is 11.4 Å². The summed E-state index contributed by atoms with van der Waals surface area (Å²) in [4.78, 5) is 0. The molecule has 0 saturated heterocycles. The van der Waals surface area contributed by atoms with Gasteiger partial charge in [0.05, 0.1) is 0 Å². The second kappa shape index (κ2) is 3.00. The molecule has 0 aromatic heterocycles. The molecular weight excluding hydrogens is 184 g/mol. The van der Waals surface area contributed by atoms with E-state index in [9.17, 15) is 0 Å². The number of hydrogen-bond acceptors (Lipinski definition) is 1. The monoisotopic (exact) mass is 196 g/mol. The number of benzene rings is 1. The first kappa shape index (κ1) is 9.04. The summed E-state index contributed by atoms with van der Waals surface area (Å²) in [5.41, 5.74) is 1.29. The Morgan fingerprint density at radius 2 is 2.23 bits per heavy atom. The van der Waals surface area contributed by atoms with Gasteiger partial charge in [0.15, 0.2) is 0 Å². The molecule has 0 spiro atoms. The van der Waals surface area contributed by atoms with Crippen molar-refractivity contribution in [2.24, 2.45) is 5.92 Å². The predicted octanol–water partition coefficient (Wildman–Crippen LogP) is 2.61. The van der Waals surface area contributed by atoms with Crippen molar-refractivity contribution < 1.29 is 5.11 Å². The maximum atomic E-state index is 9.05. The molecule has 13 heavy (non-hydrogen) atoms. The average molecular weight is 197 g/mol. The van der Waals surface area contributed by atoms with Crippen molar-refractivity contribution in [3.05, 3.63) is 34.9 Å². The Labute approximate surface area is 83.3 Å². The summed E-state index contributed by atoms with van der Waals surface area (Å²) in [5.74, 6) is 0.396. The van der Waals surface area contributed by atoms with Gasteiger partial charge in [-0.3, -0.25) is 0 Å². The van der Waals surface area contributed by atoms with Gasteiger partial charge in [0.1, 0.15) is 0 Å². The number of aliphatic hydroxyl groups is 1. The first-order valence-electron chi connectivity index (χ1n) is 4.54. The fourth-order valence-electron chi connectivity index (χ4n) is 1.97. The van der Waals surface area contributed by atoms with Crippen molar-refractivity contribution >= 4 is 11.6 Å². The maximum Gasteiger partial charge on any atom is 0.0468 e. The smallest absolute Gasteiger partial charge is 0.0468 e. The van der Waals surface area contributed by atoms with E-state index in [0.29, 0.717) is 5.92 Å². The van der Waals surface area contributed by atoms with Crippen molar-refractivity contribution in [3.63, 3.8) is 0 Å². The number of rotatable bonds is 2. The van der Waals surface area contributed by atoms with Crippen LogP contribution in [0.25, 0.3) is 0 Å². The summed E-state index contributed by atoms with van der Waals surface area (Å²) < 4.78 is 0. The van der Waals surface area contributed by atoms with Crippen LogP contribution in [0.5, 0.6) is 0 Å². The zero-order valence-corrected chi connectivity index (χ0v) is 8.38. The summed E-state index contributed by atoms with van der Waals surface area (Å²) in [6.07, 6.45) is 1.05. The van der Waals surface area contributed by atoms with Crippen LogP contribution in [0.4, 0.5) is 0 Å². The van der Waals surface area contributed by atoms with E-state index >= 15 is 0 Å². The summed E-state index contributed by atoms with van der Waals surface area (Å²) in [6, 6.07) is 7.90. The Balaban J connectivity index is 2.32. The molecule has 70 valence electrons. The molecule has 2 heteroatoms. The molecule has 0 unspecified atom stereocenters. The molecule has 2 atom stereocenters. The van der Waals surface area contributed by atoms with Crippen molar-refractivity contribution in [1.29, 1.82) is 0 Å². The van der Waals surface area contributed by atoms with Crippen LogP contribution in [-0.2, 0) is 5.41 Å². The van der Waals surface area contributed by atoms with Crippen LogP contribution in [-0.4, -0.2) is 11.7 Å². The Morgan fingerprint density at radius 3 is 2.77 bits per heavy atom. The molecule has 0 aliphatic heterocycles. The third kappa shape index (κ3) is 1.36. The SMILES string of the molecule is C[C@]1(c2ccccc2Cl)C[C@@H]1CO. The minimum atomic E-state index is 0.118. The van der Waals surface area contributed by atoms with Gasteiger partial charge >= 0.3 is 0 Å². The van der Waals surface area contributed by atoms with Crippen LogP contribution >= 0.6 is 11.6 Å². The lowest BCUT2D eigenvalue weighted by Crippen LogP contribution is -2.07. The second-order valence-electron chi connectivity index (χ2n) is 3.98.